The third-order valence-electron chi connectivity index (χ3n) is 2.31. The molecule has 0 aliphatic rings. The summed E-state index contributed by atoms with van der Waals surface area (Å²) in [5.74, 6) is -1.02. The van der Waals surface area contributed by atoms with Gasteiger partial charge in [0.2, 0.25) is 0 Å². The molecule has 1 aromatic heterocycles. The molecule has 4 heteroatoms. The summed E-state index contributed by atoms with van der Waals surface area (Å²) >= 11 is 0. The smallest absolute Gasteiger partial charge is 0.335 e. The van der Waals surface area contributed by atoms with Gasteiger partial charge in [-0.25, -0.2) is 4.79 Å². The summed E-state index contributed by atoms with van der Waals surface area (Å²) in [4.78, 5) is 25.2. The lowest BCUT2D eigenvalue weighted by atomic mass is 10.1. The van der Waals surface area contributed by atoms with Gasteiger partial charge in [0.25, 0.3) is 0 Å². The van der Waals surface area contributed by atoms with Gasteiger partial charge < -0.3 is 10.1 Å². The van der Waals surface area contributed by atoms with Crippen LogP contribution in [-0.2, 0) is 0 Å². The van der Waals surface area contributed by atoms with Gasteiger partial charge in [0.05, 0.1) is 11.1 Å². The molecular weight excluding hydrogens is 194 g/mol. The van der Waals surface area contributed by atoms with Gasteiger partial charge in [-0.1, -0.05) is 0 Å². The number of H-pyrrole nitrogens is 1. The van der Waals surface area contributed by atoms with Crippen LogP contribution in [0.4, 0.5) is 0 Å². The monoisotopic (exact) mass is 203 g/mol. The lowest BCUT2D eigenvalue weighted by Crippen LogP contribution is -2.04. The zero-order valence-corrected chi connectivity index (χ0v) is 8.07. The van der Waals surface area contributed by atoms with E-state index in [9.17, 15) is 9.59 Å². The number of hydrogen-bond donors (Lipinski definition) is 2. The molecule has 0 amide bonds. The molecular formula is C11H9NO3. The molecule has 15 heavy (non-hydrogen) atoms. The van der Waals surface area contributed by atoms with Crippen molar-refractivity contribution >= 4 is 16.9 Å². The first-order valence-corrected chi connectivity index (χ1v) is 4.45. The number of benzene rings is 1. The SMILES string of the molecule is Cc1cc(C(=O)O)cc2c(=O)cc[nH]c12. The van der Waals surface area contributed by atoms with E-state index in [1.807, 2.05) is 0 Å². The molecule has 2 aromatic rings. The fourth-order valence-corrected chi connectivity index (χ4v) is 1.59. The van der Waals surface area contributed by atoms with E-state index in [-0.39, 0.29) is 11.0 Å². The molecule has 0 aliphatic carbocycles. The van der Waals surface area contributed by atoms with Crippen LogP contribution in [0.5, 0.6) is 0 Å². The average molecular weight is 203 g/mol. The molecule has 0 saturated heterocycles. The van der Waals surface area contributed by atoms with Crippen LogP contribution in [-0.4, -0.2) is 16.1 Å². The van der Waals surface area contributed by atoms with Crippen LogP contribution in [0, 0.1) is 6.92 Å². The van der Waals surface area contributed by atoms with Gasteiger partial charge in [-0.05, 0) is 24.6 Å². The first kappa shape index (κ1) is 9.45. The Kier molecular flexibility index (Phi) is 2.04. The minimum atomic E-state index is -1.02. The Balaban J connectivity index is 2.92. The Bertz CT molecular complexity index is 598. The summed E-state index contributed by atoms with van der Waals surface area (Å²) in [6.07, 6.45) is 1.55. The largest absolute Gasteiger partial charge is 0.478 e. The molecule has 1 heterocycles. The lowest BCUT2D eigenvalue weighted by molar-refractivity contribution is 0.0697. The second-order valence-electron chi connectivity index (χ2n) is 3.36. The average Bonchev–Trinajstić information content (AvgIpc) is 2.19. The molecule has 2 N–H and O–H groups in total. The van der Waals surface area contributed by atoms with Crippen molar-refractivity contribution in [2.75, 3.05) is 0 Å². The van der Waals surface area contributed by atoms with Crippen molar-refractivity contribution in [3.05, 3.63) is 45.7 Å². The molecule has 0 spiro atoms. The van der Waals surface area contributed by atoms with E-state index in [4.69, 9.17) is 5.11 Å². The zero-order chi connectivity index (χ0) is 11.0. The van der Waals surface area contributed by atoms with Crippen molar-refractivity contribution in [1.82, 2.24) is 4.98 Å². The van der Waals surface area contributed by atoms with E-state index in [0.29, 0.717) is 10.9 Å². The van der Waals surface area contributed by atoms with E-state index in [2.05, 4.69) is 4.98 Å². The van der Waals surface area contributed by atoms with Crippen molar-refractivity contribution in [2.24, 2.45) is 0 Å². The number of aromatic nitrogens is 1. The van der Waals surface area contributed by atoms with Gasteiger partial charge in [0, 0.05) is 17.6 Å². The molecule has 0 unspecified atom stereocenters. The van der Waals surface area contributed by atoms with Gasteiger partial charge in [-0.3, -0.25) is 4.79 Å². The van der Waals surface area contributed by atoms with Crippen LogP contribution in [0.2, 0.25) is 0 Å². The summed E-state index contributed by atoms with van der Waals surface area (Å²) in [6, 6.07) is 4.32. The molecule has 0 aliphatic heterocycles. The summed E-state index contributed by atoms with van der Waals surface area (Å²) in [5, 5.41) is 9.26. The number of pyridine rings is 1. The van der Waals surface area contributed by atoms with Gasteiger partial charge >= 0.3 is 5.97 Å². The third kappa shape index (κ3) is 1.50. The molecule has 0 radical (unpaired) electrons. The van der Waals surface area contributed by atoms with Gasteiger partial charge in [-0.2, -0.15) is 0 Å². The van der Waals surface area contributed by atoms with Crippen molar-refractivity contribution < 1.29 is 9.90 Å². The first-order chi connectivity index (χ1) is 7.09. The molecule has 76 valence electrons. The quantitative estimate of drug-likeness (QED) is 0.738. The number of hydrogen-bond acceptors (Lipinski definition) is 2. The van der Waals surface area contributed by atoms with Gasteiger partial charge in [0.15, 0.2) is 5.43 Å². The van der Waals surface area contributed by atoms with Gasteiger partial charge in [0.1, 0.15) is 0 Å². The van der Waals surface area contributed by atoms with Crippen LogP contribution < -0.4 is 5.43 Å². The predicted molar refractivity (Wildman–Crippen MR) is 56.3 cm³/mol. The second-order valence-corrected chi connectivity index (χ2v) is 3.36. The fourth-order valence-electron chi connectivity index (χ4n) is 1.59. The van der Waals surface area contributed by atoms with Crippen LogP contribution in [0.1, 0.15) is 15.9 Å². The van der Waals surface area contributed by atoms with Crippen molar-refractivity contribution in [3.63, 3.8) is 0 Å². The molecule has 0 atom stereocenters. The normalized spacial score (nSPS) is 10.5. The molecule has 1 aromatic carbocycles. The van der Waals surface area contributed by atoms with Crippen molar-refractivity contribution in [1.29, 1.82) is 0 Å². The highest BCUT2D eigenvalue weighted by atomic mass is 16.4. The van der Waals surface area contributed by atoms with Crippen LogP contribution in [0.15, 0.2) is 29.2 Å². The predicted octanol–water partition coefficient (Wildman–Crippen LogP) is 1.53. The number of rotatable bonds is 1. The van der Waals surface area contributed by atoms with E-state index in [1.165, 1.54) is 12.1 Å². The minimum Gasteiger partial charge on any atom is -0.478 e. The zero-order valence-electron chi connectivity index (χ0n) is 8.07. The Hall–Kier alpha value is -2.10. The minimum absolute atomic E-state index is 0.136. The Morgan fingerprint density at radius 2 is 2.13 bits per heavy atom. The van der Waals surface area contributed by atoms with Gasteiger partial charge in [-0.15, -0.1) is 0 Å². The number of carboxylic acid groups (broad SMARTS) is 1. The summed E-state index contributed by atoms with van der Waals surface area (Å²) in [6.45, 7) is 1.77. The van der Waals surface area contributed by atoms with Crippen LogP contribution >= 0.6 is 0 Å². The fraction of sp³-hybridized carbons (Fsp3) is 0.0909. The Morgan fingerprint density at radius 3 is 2.80 bits per heavy atom. The Labute approximate surface area is 85.2 Å². The highest BCUT2D eigenvalue weighted by molar-refractivity contribution is 5.94. The second kappa shape index (κ2) is 3.24. The van der Waals surface area contributed by atoms with Crippen molar-refractivity contribution in [3.8, 4) is 0 Å². The molecule has 2 rings (SSSR count). The van der Waals surface area contributed by atoms with Crippen LogP contribution in [0.25, 0.3) is 10.9 Å². The van der Waals surface area contributed by atoms with E-state index >= 15 is 0 Å². The summed E-state index contributed by atoms with van der Waals surface area (Å²) < 4.78 is 0. The van der Waals surface area contributed by atoms with E-state index in [0.717, 1.165) is 5.56 Å². The van der Waals surface area contributed by atoms with Crippen molar-refractivity contribution in [2.45, 2.75) is 6.92 Å². The standard InChI is InChI=1S/C11H9NO3/c1-6-4-7(11(14)15)5-8-9(13)2-3-12-10(6)8/h2-5H,1H3,(H,12,13)(H,14,15). The molecule has 0 bridgehead atoms. The maximum absolute atomic E-state index is 11.5. The molecule has 0 fully saturated rings. The molecule has 4 nitrogen and oxygen atoms in total. The number of carboxylic acids is 1. The number of aromatic amines is 1. The van der Waals surface area contributed by atoms with Crippen LogP contribution in [0.3, 0.4) is 0 Å². The molecule has 0 saturated carbocycles. The number of fused-ring (bicyclic) bond motifs is 1. The first-order valence-electron chi connectivity index (χ1n) is 4.45. The topological polar surface area (TPSA) is 70.2 Å². The van der Waals surface area contributed by atoms with E-state index < -0.39 is 5.97 Å². The highest BCUT2D eigenvalue weighted by Crippen LogP contribution is 2.15. The lowest BCUT2D eigenvalue weighted by Gasteiger charge is -2.03. The number of nitrogens with one attached hydrogen (secondary N) is 1. The number of aromatic carboxylic acids is 1. The maximum Gasteiger partial charge on any atom is 0.335 e. The number of carbonyl (C=O) groups is 1. The van der Waals surface area contributed by atoms with E-state index in [1.54, 1.807) is 19.2 Å². The number of aryl methyl sites for hydroxylation is 1. The Morgan fingerprint density at radius 1 is 1.40 bits per heavy atom. The maximum atomic E-state index is 11.5. The third-order valence-corrected chi connectivity index (χ3v) is 2.31. The summed E-state index contributed by atoms with van der Waals surface area (Å²) in [7, 11) is 0. The highest BCUT2D eigenvalue weighted by Gasteiger charge is 2.08. The summed E-state index contributed by atoms with van der Waals surface area (Å²) in [5.41, 5.74) is 1.40.